The molecule has 4 heteroatoms. The normalized spacial score (nSPS) is 13.7. The van der Waals surface area contributed by atoms with Crippen molar-refractivity contribution in [1.82, 2.24) is 5.32 Å². The van der Waals surface area contributed by atoms with E-state index in [9.17, 15) is 4.79 Å². The van der Waals surface area contributed by atoms with Crippen molar-refractivity contribution in [2.24, 2.45) is 5.73 Å². The molecule has 1 rings (SSSR count). The minimum absolute atomic E-state index is 0.0463. The van der Waals surface area contributed by atoms with Crippen LogP contribution in [-0.2, 0) is 11.2 Å². The van der Waals surface area contributed by atoms with Gasteiger partial charge in [-0.05, 0) is 57.7 Å². The third-order valence-corrected chi connectivity index (χ3v) is 3.49. The summed E-state index contributed by atoms with van der Waals surface area (Å²) in [5, 5.41) is 2.98. The molecule has 3 N–H and O–H groups in total. The smallest absolute Gasteiger partial charge is 0.237 e. The number of hydrogen-bond acceptors (Lipinski definition) is 3. The van der Waals surface area contributed by atoms with Crippen molar-refractivity contribution in [2.75, 3.05) is 0 Å². The first-order chi connectivity index (χ1) is 10.4. The van der Waals surface area contributed by atoms with Gasteiger partial charge >= 0.3 is 0 Å². The minimum atomic E-state index is -0.389. The van der Waals surface area contributed by atoms with Crippen molar-refractivity contribution in [2.45, 2.75) is 71.6 Å². The maximum Gasteiger partial charge on any atom is 0.237 e. The van der Waals surface area contributed by atoms with E-state index in [4.69, 9.17) is 10.5 Å². The Morgan fingerprint density at radius 2 is 1.82 bits per heavy atom. The third-order valence-electron chi connectivity index (χ3n) is 3.49. The second kappa shape index (κ2) is 9.46. The molecule has 4 nitrogen and oxygen atoms in total. The lowest BCUT2D eigenvalue weighted by Crippen LogP contribution is -2.44. The summed E-state index contributed by atoms with van der Waals surface area (Å²) in [6.07, 6.45) is 3.67. The Labute approximate surface area is 134 Å². The average molecular weight is 306 g/mol. The molecule has 1 amide bonds. The van der Waals surface area contributed by atoms with Gasteiger partial charge in [0.05, 0.1) is 12.1 Å². The molecule has 0 saturated heterocycles. The van der Waals surface area contributed by atoms with Crippen LogP contribution in [0.3, 0.4) is 0 Å². The average Bonchev–Trinajstić information content (AvgIpc) is 2.46. The van der Waals surface area contributed by atoms with Crippen molar-refractivity contribution in [1.29, 1.82) is 0 Å². The van der Waals surface area contributed by atoms with Gasteiger partial charge in [0.15, 0.2) is 0 Å². The molecule has 124 valence electrons. The van der Waals surface area contributed by atoms with Gasteiger partial charge in [0.2, 0.25) is 5.91 Å². The highest BCUT2D eigenvalue weighted by atomic mass is 16.5. The zero-order valence-electron chi connectivity index (χ0n) is 14.3. The maximum absolute atomic E-state index is 11.8. The van der Waals surface area contributed by atoms with E-state index in [1.807, 2.05) is 39.8 Å². The number of carbonyl (C=O) groups is 1. The summed E-state index contributed by atoms with van der Waals surface area (Å²) < 4.78 is 5.63. The molecule has 0 aromatic heterocycles. The van der Waals surface area contributed by atoms with E-state index >= 15 is 0 Å². The predicted octanol–water partition coefficient (Wildman–Crippen LogP) is 3.04. The molecule has 0 fully saturated rings. The molecule has 1 aromatic carbocycles. The van der Waals surface area contributed by atoms with Crippen LogP contribution >= 0.6 is 0 Å². The lowest BCUT2D eigenvalue weighted by atomic mass is 10.1. The summed E-state index contributed by atoms with van der Waals surface area (Å²) in [5.41, 5.74) is 7.06. The molecule has 2 atom stereocenters. The molecular formula is C18H30N2O2. The lowest BCUT2D eigenvalue weighted by molar-refractivity contribution is -0.123. The fourth-order valence-corrected chi connectivity index (χ4v) is 2.25. The van der Waals surface area contributed by atoms with Crippen LogP contribution in [0.5, 0.6) is 5.75 Å². The second-order valence-electron chi connectivity index (χ2n) is 6.15. The molecule has 0 aliphatic heterocycles. The number of amides is 1. The number of aryl methyl sites for hydroxylation is 1. The SMILES string of the molecule is CCCC(N)C(=O)NC(C)CCc1ccc(OC(C)C)cc1. The van der Waals surface area contributed by atoms with Crippen LogP contribution < -0.4 is 15.8 Å². The van der Waals surface area contributed by atoms with Crippen molar-refractivity contribution in [3.63, 3.8) is 0 Å². The maximum atomic E-state index is 11.8. The highest BCUT2D eigenvalue weighted by molar-refractivity contribution is 5.81. The van der Waals surface area contributed by atoms with E-state index in [1.165, 1.54) is 5.56 Å². The minimum Gasteiger partial charge on any atom is -0.491 e. The lowest BCUT2D eigenvalue weighted by Gasteiger charge is -2.17. The van der Waals surface area contributed by atoms with Gasteiger partial charge in [-0.2, -0.15) is 0 Å². The van der Waals surface area contributed by atoms with Crippen molar-refractivity contribution in [3.05, 3.63) is 29.8 Å². The highest BCUT2D eigenvalue weighted by Gasteiger charge is 2.14. The van der Waals surface area contributed by atoms with E-state index in [-0.39, 0.29) is 24.1 Å². The number of nitrogens with one attached hydrogen (secondary N) is 1. The van der Waals surface area contributed by atoms with Gasteiger partial charge in [0.1, 0.15) is 5.75 Å². The summed E-state index contributed by atoms with van der Waals surface area (Å²) in [5.74, 6) is 0.848. The van der Waals surface area contributed by atoms with Crippen LogP contribution in [0.4, 0.5) is 0 Å². The Balaban J connectivity index is 2.37. The molecule has 0 heterocycles. The van der Waals surface area contributed by atoms with Gasteiger partial charge in [-0.15, -0.1) is 0 Å². The van der Waals surface area contributed by atoms with Gasteiger partial charge < -0.3 is 15.8 Å². The van der Waals surface area contributed by atoms with Gasteiger partial charge in [-0.3, -0.25) is 4.79 Å². The third kappa shape index (κ3) is 6.94. The van der Waals surface area contributed by atoms with Gasteiger partial charge in [0.25, 0.3) is 0 Å². The monoisotopic (exact) mass is 306 g/mol. The van der Waals surface area contributed by atoms with E-state index in [2.05, 4.69) is 17.4 Å². The second-order valence-corrected chi connectivity index (χ2v) is 6.15. The van der Waals surface area contributed by atoms with E-state index < -0.39 is 0 Å². The molecule has 22 heavy (non-hydrogen) atoms. The number of carbonyl (C=O) groups excluding carboxylic acids is 1. The van der Waals surface area contributed by atoms with E-state index in [0.29, 0.717) is 0 Å². The Hall–Kier alpha value is -1.55. The van der Waals surface area contributed by atoms with Crippen LogP contribution in [0.2, 0.25) is 0 Å². The number of benzene rings is 1. The number of rotatable bonds is 9. The molecule has 0 bridgehead atoms. The number of nitrogens with two attached hydrogens (primary N) is 1. The molecule has 1 aromatic rings. The van der Waals surface area contributed by atoms with Gasteiger partial charge in [-0.1, -0.05) is 25.5 Å². The van der Waals surface area contributed by atoms with Gasteiger partial charge in [-0.25, -0.2) is 0 Å². The van der Waals surface area contributed by atoms with E-state index in [0.717, 1.165) is 31.4 Å². The van der Waals surface area contributed by atoms with Crippen LogP contribution in [0.1, 0.15) is 52.5 Å². The number of hydrogen-bond donors (Lipinski definition) is 2. The van der Waals surface area contributed by atoms with Crippen molar-refractivity contribution < 1.29 is 9.53 Å². The van der Waals surface area contributed by atoms with Crippen LogP contribution in [-0.4, -0.2) is 24.1 Å². The van der Waals surface area contributed by atoms with Crippen LogP contribution in [0.25, 0.3) is 0 Å². The summed E-state index contributed by atoms with van der Waals surface area (Å²) in [4.78, 5) is 11.8. The largest absolute Gasteiger partial charge is 0.491 e. The van der Waals surface area contributed by atoms with Crippen LogP contribution in [0, 0.1) is 0 Å². The molecule has 0 radical (unpaired) electrons. The summed E-state index contributed by atoms with van der Waals surface area (Å²) in [7, 11) is 0. The van der Waals surface area contributed by atoms with E-state index in [1.54, 1.807) is 0 Å². The highest BCUT2D eigenvalue weighted by Crippen LogP contribution is 2.15. The molecule has 0 aliphatic carbocycles. The topological polar surface area (TPSA) is 64.4 Å². The standard InChI is InChI=1S/C18H30N2O2/c1-5-6-17(19)18(21)20-14(4)7-8-15-9-11-16(12-10-15)22-13(2)3/h9-14,17H,5-8,19H2,1-4H3,(H,20,21). The summed E-state index contributed by atoms with van der Waals surface area (Å²) in [6, 6.07) is 7.89. The molecule has 0 saturated carbocycles. The molecule has 0 spiro atoms. The Morgan fingerprint density at radius 3 is 2.36 bits per heavy atom. The zero-order valence-corrected chi connectivity index (χ0v) is 14.3. The Bertz CT molecular complexity index is 443. The summed E-state index contributed by atoms with van der Waals surface area (Å²) in [6.45, 7) is 8.08. The molecule has 2 unspecified atom stereocenters. The fourth-order valence-electron chi connectivity index (χ4n) is 2.25. The first-order valence-electron chi connectivity index (χ1n) is 8.24. The first kappa shape index (κ1) is 18.5. The molecule has 0 aliphatic rings. The zero-order chi connectivity index (χ0) is 16.5. The van der Waals surface area contributed by atoms with Crippen LogP contribution in [0.15, 0.2) is 24.3 Å². The van der Waals surface area contributed by atoms with Gasteiger partial charge in [0, 0.05) is 6.04 Å². The fraction of sp³-hybridized carbons (Fsp3) is 0.611. The van der Waals surface area contributed by atoms with Crippen molar-refractivity contribution in [3.8, 4) is 5.75 Å². The Morgan fingerprint density at radius 1 is 1.18 bits per heavy atom. The quantitative estimate of drug-likeness (QED) is 0.737. The molecular weight excluding hydrogens is 276 g/mol. The first-order valence-corrected chi connectivity index (χ1v) is 8.24. The van der Waals surface area contributed by atoms with Crippen molar-refractivity contribution >= 4 is 5.91 Å². The Kier molecular flexibility index (Phi) is 7.96. The number of ether oxygens (including phenoxy) is 1. The summed E-state index contributed by atoms with van der Waals surface area (Å²) >= 11 is 0. The predicted molar refractivity (Wildman–Crippen MR) is 91.0 cm³/mol.